The summed E-state index contributed by atoms with van der Waals surface area (Å²) in [6, 6.07) is 12.9. The Balaban J connectivity index is 2.27. The highest BCUT2D eigenvalue weighted by molar-refractivity contribution is 5.35. The maximum Gasteiger partial charge on any atom is 0.248 e. The molecule has 0 amide bonds. The van der Waals surface area contributed by atoms with Gasteiger partial charge in [0.25, 0.3) is 0 Å². The lowest BCUT2D eigenvalue weighted by Crippen LogP contribution is -2.04. The van der Waals surface area contributed by atoms with Gasteiger partial charge in [0.1, 0.15) is 0 Å². The van der Waals surface area contributed by atoms with E-state index in [-0.39, 0.29) is 5.56 Å². The first-order valence-corrected chi connectivity index (χ1v) is 4.94. The molecule has 1 aromatic heterocycles. The second-order valence-corrected chi connectivity index (χ2v) is 3.55. The largest absolute Gasteiger partial charge is 0.329 e. The molecule has 3 nitrogen and oxygen atoms in total. The molecule has 1 heterocycles. The van der Waals surface area contributed by atoms with Crippen molar-refractivity contribution < 1.29 is 0 Å². The molecule has 0 radical (unpaired) electrons. The van der Waals surface area contributed by atoms with Crippen LogP contribution in [0.5, 0.6) is 0 Å². The third-order valence-corrected chi connectivity index (χ3v) is 2.30. The summed E-state index contributed by atoms with van der Waals surface area (Å²) in [5.74, 6) is 0. The molecule has 0 aliphatic heterocycles. The Morgan fingerprint density at radius 1 is 1.19 bits per heavy atom. The summed E-state index contributed by atoms with van der Waals surface area (Å²) in [5, 5.41) is 8.77. The molecule has 0 aliphatic carbocycles. The molecule has 2 rings (SSSR count). The van der Waals surface area contributed by atoms with Crippen LogP contribution in [0.3, 0.4) is 0 Å². The number of nitrogens with one attached hydrogen (secondary N) is 1. The van der Waals surface area contributed by atoms with Crippen molar-refractivity contribution in [2.24, 2.45) is 0 Å². The molecule has 0 aliphatic rings. The van der Waals surface area contributed by atoms with Gasteiger partial charge in [-0.05, 0) is 35.7 Å². The number of benzene rings is 1. The van der Waals surface area contributed by atoms with Gasteiger partial charge in [0, 0.05) is 12.3 Å². The Morgan fingerprint density at radius 3 is 2.75 bits per heavy atom. The van der Waals surface area contributed by atoms with Gasteiger partial charge in [-0.1, -0.05) is 12.1 Å². The van der Waals surface area contributed by atoms with Gasteiger partial charge in [-0.15, -0.1) is 0 Å². The van der Waals surface area contributed by atoms with Gasteiger partial charge < -0.3 is 4.98 Å². The van der Waals surface area contributed by atoms with Crippen LogP contribution in [0.25, 0.3) is 0 Å². The van der Waals surface area contributed by atoms with Crippen molar-refractivity contribution >= 4 is 0 Å². The maximum atomic E-state index is 11.1. The molecular formula is C13H10N2O. The van der Waals surface area contributed by atoms with Crippen molar-refractivity contribution in [3.63, 3.8) is 0 Å². The first-order chi connectivity index (χ1) is 7.78. The van der Waals surface area contributed by atoms with Crippen LogP contribution in [0.2, 0.25) is 0 Å². The topological polar surface area (TPSA) is 56.6 Å². The van der Waals surface area contributed by atoms with E-state index in [9.17, 15) is 4.79 Å². The van der Waals surface area contributed by atoms with Crippen LogP contribution >= 0.6 is 0 Å². The number of nitriles is 1. The normalized spacial score (nSPS) is 9.69. The summed E-state index contributed by atoms with van der Waals surface area (Å²) in [7, 11) is 0. The summed E-state index contributed by atoms with van der Waals surface area (Å²) >= 11 is 0. The van der Waals surface area contributed by atoms with E-state index in [4.69, 9.17) is 5.26 Å². The Morgan fingerprint density at radius 2 is 2.00 bits per heavy atom. The monoisotopic (exact) mass is 210 g/mol. The van der Waals surface area contributed by atoms with Crippen molar-refractivity contribution in [3.05, 3.63) is 69.6 Å². The molecule has 0 unspecified atom stereocenters. The van der Waals surface area contributed by atoms with Crippen molar-refractivity contribution in [1.82, 2.24) is 4.98 Å². The quantitative estimate of drug-likeness (QED) is 0.822. The molecule has 1 aromatic carbocycles. The predicted molar refractivity (Wildman–Crippen MR) is 61.0 cm³/mol. The Hall–Kier alpha value is -2.34. The lowest BCUT2D eigenvalue weighted by atomic mass is 10.0. The summed E-state index contributed by atoms with van der Waals surface area (Å²) in [5.41, 5.74) is 2.51. The molecule has 2 aromatic rings. The second kappa shape index (κ2) is 4.45. The Bertz CT molecular complexity index is 593. The van der Waals surface area contributed by atoms with Crippen molar-refractivity contribution in [3.8, 4) is 6.07 Å². The van der Waals surface area contributed by atoms with Crippen LogP contribution in [-0.4, -0.2) is 4.98 Å². The van der Waals surface area contributed by atoms with E-state index < -0.39 is 0 Å². The second-order valence-electron chi connectivity index (χ2n) is 3.55. The number of pyridine rings is 1. The summed E-state index contributed by atoms with van der Waals surface area (Å²) < 4.78 is 0. The number of rotatable bonds is 2. The number of hydrogen-bond acceptors (Lipinski definition) is 2. The molecule has 0 bridgehead atoms. The molecular weight excluding hydrogens is 200 g/mol. The van der Waals surface area contributed by atoms with Gasteiger partial charge >= 0.3 is 0 Å². The molecule has 0 fully saturated rings. The zero-order valence-electron chi connectivity index (χ0n) is 8.60. The molecule has 78 valence electrons. The molecule has 16 heavy (non-hydrogen) atoms. The van der Waals surface area contributed by atoms with Crippen LogP contribution in [0.15, 0.2) is 47.4 Å². The SMILES string of the molecule is N#Cc1cccc(Cc2cc[nH]c(=O)c2)c1. The first-order valence-electron chi connectivity index (χ1n) is 4.94. The Labute approximate surface area is 93.0 Å². The minimum Gasteiger partial charge on any atom is -0.329 e. The van der Waals surface area contributed by atoms with Gasteiger partial charge in [0.15, 0.2) is 0 Å². The van der Waals surface area contributed by atoms with Crippen molar-refractivity contribution in [2.75, 3.05) is 0 Å². The number of nitrogens with zero attached hydrogens (tertiary/aromatic N) is 1. The van der Waals surface area contributed by atoms with Crippen molar-refractivity contribution in [2.45, 2.75) is 6.42 Å². The first kappa shape index (κ1) is 10.2. The standard InChI is InChI=1S/C13H10N2O/c14-9-12-3-1-2-10(7-12)6-11-4-5-15-13(16)8-11/h1-5,7-8H,6H2,(H,15,16). The van der Waals surface area contributed by atoms with Crippen molar-refractivity contribution in [1.29, 1.82) is 5.26 Å². The number of H-pyrrole nitrogens is 1. The molecule has 0 spiro atoms. The zero-order chi connectivity index (χ0) is 11.4. The van der Waals surface area contributed by atoms with Gasteiger partial charge in [0.2, 0.25) is 5.56 Å². The average molecular weight is 210 g/mol. The highest BCUT2D eigenvalue weighted by atomic mass is 16.1. The minimum atomic E-state index is -0.103. The summed E-state index contributed by atoms with van der Waals surface area (Å²) in [4.78, 5) is 13.7. The fraction of sp³-hybridized carbons (Fsp3) is 0.0769. The highest BCUT2D eigenvalue weighted by Gasteiger charge is 1.98. The molecule has 0 saturated heterocycles. The number of aromatic nitrogens is 1. The smallest absolute Gasteiger partial charge is 0.248 e. The molecule has 0 saturated carbocycles. The van der Waals surface area contributed by atoms with E-state index >= 15 is 0 Å². The Kier molecular flexibility index (Phi) is 2.84. The highest BCUT2D eigenvalue weighted by Crippen LogP contribution is 2.09. The zero-order valence-corrected chi connectivity index (χ0v) is 8.60. The molecule has 1 N–H and O–H groups in total. The van der Waals surface area contributed by atoms with Crippen LogP contribution in [-0.2, 0) is 6.42 Å². The van der Waals surface area contributed by atoms with E-state index in [1.807, 2.05) is 24.3 Å². The maximum absolute atomic E-state index is 11.1. The van der Waals surface area contributed by atoms with Gasteiger partial charge in [0.05, 0.1) is 11.6 Å². The summed E-state index contributed by atoms with van der Waals surface area (Å²) in [6.07, 6.45) is 2.30. The van der Waals surface area contributed by atoms with E-state index in [0.29, 0.717) is 12.0 Å². The van der Waals surface area contributed by atoms with E-state index in [2.05, 4.69) is 11.1 Å². The fourth-order valence-corrected chi connectivity index (χ4v) is 1.59. The van der Waals surface area contributed by atoms with Gasteiger partial charge in [-0.2, -0.15) is 5.26 Å². The molecule has 3 heteroatoms. The number of aromatic amines is 1. The lowest BCUT2D eigenvalue weighted by molar-refractivity contribution is 1.13. The van der Waals surface area contributed by atoms with Crippen LogP contribution in [0.4, 0.5) is 0 Å². The minimum absolute atomic E-state index is 0.103. The third kappa shape index (κ3) is 2.37. The lowest BCUT2D eigenvalue weighted by Gasteiger charge is -2.01. The van der Waals surface area contributed by atoms with Crippen LogP contribution in [0.1, 0.15) is 16.7 Å². The van der Waals surface area contributed by atoms with Crippen LogP contribution in [0, 0.1) is 11.3 Å². The fourth-order valence-electron chi connectivity index (χ4n) is 1.59. The van der Waals surface area contributed by atoms with E-state index in [0.717, 1.165) is 11.1 Å². The average Bonchev–Trinajstić information content (AvgIpc) is 2.29. The van der Waals surface area contributed by atoms with Gasteiger partial charge in [-0.3, -0.25) is 4.79 Å². The third-order valence-electron chi connectivity index (χ3n) is 2.30. The van der Waals surface area contributed by atoms with E-state index in [1.165, 1.54) is 0 Å². The summed E-state index contributed by atoms with van der Waals surface area (Å²) in [6.45, 7) is 0. The van der Waals surface area contributed by atoms with Crippen LogP contribution < -0.4 is 5.56 Å². The number of hydrogen-bond donors (Lipinski definition) is 1. The van der Waals surface area contributed by atoms with Gasteiger partial charge in [-0.25, -0.2) is 0 Å². The van der Waals surface area contributed by atoms with E-state index in [1.54, 1.807) is 18.3 Å². The molecule has 0 atom stereocenters. The predicted octanol–water partition coefficient (Wildman–Crippen LogP) is 1.84.